The Morgan fingerprint density at radius 2 is 2.10 bits per heavy atom. The van der Waals surface area contributed by atoms with Gasteiger partial charge in [-0.1, -0.05) is 33.1 Å². The van der Waals surface area contributed by atoms with Crippen LogP contribution in [0.25, 0.3) is 0 Å². The number of rotatable bonds is 7. The van der Waals surface area contributed by atoms with Gasteiger partial charge in [0.1, 0.15) is 17.9 Å². The van der Waals surface area contributed by atoms with Crippen LogP contribution in [0.15, 0.2) is 6.33 Å². The van der Waals surface area contributed by atoms with Gasteiger partial charge < -0.3 is 5.32 Å². The average Bonchev–Trinajstić information content (AvgIpc) is 2.86. The van der Waals surface area contributed by atoms with E-state index in [4.69, 9.17) is 0 Å². The number of hydrogen-bond acceptors (Lipinski definition) is 4. The van der Waals surface area contributed by atoms with Crippen LogP contribution in [0.5, 0.6) is 0 Å². The normalized spacial score (nSPS) is 18.1. The lowest BCUT2D eigenvalue weighted by molar-refractivity contribution is -0.120. The molecule has 2 rings (SSSR count). The van der Waals surface area contributed by atoms with Gasteiger partial charge in [-0.3, -0.25) is 4.79 Å². The summed E-state index contributed by atoms with van der Waals surface area (Å²) in [4.78, 5) is 16.7. The van der Waals surface area contributed by atoms with Gasteiger partial charge in [-0.25, -0.2) is 9.67 Å². The van der Waals surface area contributed by atoms with Crippen molar-refractivity contribution in [3.8, 4) is 0 Å². The zero-order chi connectivity index (χ0) is 15.3. The Labute approximate surface area is 127 Å². The van der Waals surface area contributed by atoms with E-state index in [9.17, 15) is 4.79 Å². The van der Waals surface area contributed by atoms with Gasteiger partial charge in [-0.2, -0.15) is 5.10 Å². The largest absolute Gasteiger partial charge is 0.314 e. The van der Waals surface area contributed by atoms with Gasteiger partial charge in [0.05, 0.1) is 6.42 Å². The SMILES string of the molecule is CNC1(CC(=O)Cc2ncnn2CC(C)C)CCCCC1. The van der Waals surface area contributed by atoms with Crippen molar-refractivity contribution in [2.45, 2.75) is 70.9 Å². The summed E-state index contributed by atoms with van der Waals surface area (Å²) in [5.41, 5.74) is 0.0121. The molecule has 0 bridgehead atoms. The summed E-state index contributed by atoms with van der Waals surface area (Å²) in [7, 11) is 1.99. The van der Waals surface area contributed by atoms with E-state index in [0.29, 0.717) is 18.8 Å². The van der Waals surface area contributed by atoms with Crippen molar-refractivity contribution in [1.82, 2.24) is 20.1 Å². The number of nitrogens with zero attached hydrogens (tertiary/aromatic N) is 3. The van der Waals surface area contributed by atoms with E-state index in [0.717, 1.165) is 25.2 Å². The molecule has 1 aromatic heterocycles. The average molecular weight is 292 g/mol. The van der Waals surface area contributed by atoms with Crippen molar-refractivity contribution in [2.75, 3.05) is 7.05 Å². The third kappa shape index (κ3) is 4.37. The second-order valence-electron chi connectivity index (χ2n) is 6.74. The number of ketones is 1. The summed E-state index contributed by atoms with van der Waals surface area (Å²) in [5, 5.41) is 7.64. The fraction of sp³-hybridized carbons (Fsp3) is 0.812. The second-order valence-corrected chi connectivity index (χ2v) is 6.74. The smallest absolute Gasteiger partial charge is 0.142 e. The maximum absolute atomic E-state index is 12.5. The molecule has 1 aliphatic carbocycles. The van der Waals surface area contributed by atoms with Crippen molar-refractivity contribution in [3.05, 3.63) is 12.2 Å². The molecule has 0 radical (unpaired) electrons. The molecule has 0 amide bonds. The van der Waals surface area contributed by atoms with Gasteiger partial charge in [-0.05, 0) is 25.8 Å². The van der Waals surface area contributed by atoms with Gasteiger partial charge in [0.15, 0.2) is 0 Å². The summed E-state index contributed by atoms with van der Waals surface area (Å²) in [6.07, 6.45) is 8.51. The number of carbonyl (C=O) groups excluding carboxylic acids is 1. The first-order valence-electron chi connectivity index (χ1n) is 8.12. The Bertz CT molecular complexity index is 461. The van der Waals surface area contributed by atoms with Crippen molar-refractivity contribution in [3.63, 3.8) is 0 Å². The lowest BCUT2D eigenvalue weighted by Crippen LogP contribution is -2.46. The minimum absolute atomic E-state index is 0.0121. The highest BCUT2D eigenvalue weighted by Gasteiger charge is 2.32. The molecule has 0 aliphatic heterocycles. The molecule has 0 aromatic carbocycles. The fourth-order valence-electron chi connectivity index (χ4n) is 3.28. The van der Waals surface area contributed by atoms with Crippen LogP contribution in [0.3, 0.4) is 0 Å². The number of nitrogens with one attached hydrogen (secondary N) is 1. The topological polar surface area (TPSA) is 59.8 Å². The molecule has 1 saturated carbocycles. The van der Waals surface area contributed by atoms with E-state index in [1.165, 1.54) is 19.3 Å². The first-order valence-corrected chi connectivity index (χ1v) is 8.12. The Balaban J connectivity index is 1.96. The van der Waals surface area contributed by atoms with Gasteiger partial charge >= 0.3 is 0 Å². The minimum Gasteiger partial charge on any atom is -0.314 e. The van der Waals surface area contributed by atoms with Gasteiger partial charge in [-0.15, -0.1) is 0 Å². The number of hydrogen-bond donors (Lipinski definition) is 1. The van der Waals surface area contributed by atoms with Crippen molar-refractivity contribution >= 4 is 5.78 Å². The standard InChI is InChI=1S/C16H28N4O/c1-13(2)11-20-15(18-12-19-20)9-14(21)10-16(17-3)7-5-4-6-8-16/h12-13,17H,4-11H2,1-3H3. The van der Waals surface area contributed by atoms with Crippen molar-refractivity contribution < 1.29 is 4.79 Å². The van der Waals surface area contributed by atoms with Crippen LogP contribution < -0.4 is 5.32 Å². The van der Waals surface area contributed by atoms with Crippen LogP contribution in [-0.2, 0) is 17.8 Å². The van der Waals surface area contributed by atoms with Crippen LogP contribution in [0.2, 0.25) is 0 Å². The van der Waals surface area contributed by atoms with E-state index in [1.807, 2.05) is 11.7 Å². The second kappa shape index (κ2) is 7.16. The Kier molecular flexibility index (Phi) is 5.51. The molecule has 118 valence electrons. The Hall–Kier alpha value is -1.23. The predicted octanol–water partition coefficient (Wildman–Crippen LogP) is 2.36. The van der Waals surface area contributed by atoms with Crippen LogP contribution in [0, 0.1) is 5.92 Å². The molecule has 0 unspecified atom stereocenters. The Morgan fingerprint density at radius 1 is 1.38 bits per heavy atom. The zero-order valence-corrected chi connectivity index (χ0v) is 13.6. The van der Waals surface area contributed by atoms with E-state index >= 15 is 0 Å². The van der Waals surface area contributed by atoms with Crippen LogP contribution in [0.1, 0.15) is 58.2 Å². The third-order valence-corrected chi connectivity index (χ3v) is 4.47. The van der Waals surface area contributed by atoms with Crippen molar-refractivity contribution in [2.24, 2.45) is 5.92 Å². The van der Waals surface area contributed by atoms with E-state index < -0.39 is 0 Å². The van der Waals surface area contributed by atoms with Crippen LogP contribution in [0.4, 0.5) is 0 Å². The highest BCUT2D eigenvalue weighted by molar-refractivity contribution is 5.81. The zero-order valence-electron chi connectivity index (χ0n) is 13.6. The molecule has 1 fully saturated rings. The van der Waals surface area contributed by atoms with Gasteiger partial charge in [0.2, 0.25) is 0 Å². The van der Waals surface area contributed by atoms with Gasteiger partial charge in [0.25, 0.3) is 0 Å². The van der Waals surface area contributed by atoms with E-state index in [1.54, 1.807) is 6.33 Å². The molecule has 1 aromatic rings. The van der Waals surface area contributed by atoms with Gasteiger partial charge in [0, 0.05) is 18.5 Å². The molecular formula is C16H28N4O. The van der Waals surface area contributed by atoms with Crippen LogP contribution >= 0.6 is 0 Å². The molecule has 0 saturated heterocycles. The number of Topliss-reactive ketones (excluding diaryl/α,β-unsaturated/α-hetero) is 1. The molecule has 1 aliphatic rings. The summed E-state index contributed by atoms with van der Waals surface area (Å²) in [5.74, 6) is 1.57. The summed E-state index contributed by atoms with van der Waals surface area (Å²) >= 11 is 0. The maximum Gasteiger partial charge on any atom is 0.142 e. The third-order valence-electron chi connectivity index (χ3n) is 4.47. The van der Waals surface area contributed by atoms with Crippen LogP contribution in [-0.4, -0.2) is 33.1 Å². The number of aromatic nitrogens is 3. The highest BCUT2D eigenvalue weighted by Crippen LogP contribution is 2.31. The molecule has 1 heterocycles. The first kappa shape index (κ1) is 16.1. The molecule has 5 nitrogen and oxygen atoms in total. The Morgan fingerprint density at radius 3 is 2.71 bits per heavy atom. The summed E-state index contributed by atoms with van der Waals surface area (Å²) in [6, 6.07) is 0. The quantitative estimate of drug-likeness (QED) is 0.838. The maximum atomic E-state index is 12.5. The van der Waals surface area contributed by atoms with E-state index in [-0.39, 0.29) is 11.3 Å². The first-order chi connectivity index (χ1) is 10.0. The minimum atomic E-state index is 0.0121. The molecule has 0 spiro atoms. The summed E-state index contributed by atoms with van der Waals surface area (Å²) in [6.45, 7) is 5.11. The fourth-order valence-corrected chi connectivity index (χ4v) is 3.28. The molecule has 1 N–H and O–H groups in total. The molecule has 21 heavy (non-hydrogen) atoms. The molecule has 0 atom stereocenters. The molecule has 5 heteroatoms. The van der Waals surface area contributed by atoms with Crippen molar-refractivity contribution in [1.29, 1.82) is 0 Å². The summed E-state index contributed by atoms with van der Waals surface area (Å²) < 4.78 is 1.87. The predicted molar refractivity (Wildman–Crippen MR) is 83.1 cm³/mol. The lowest BCUT2D eigenvalue weighted by atomic mass is 9.78. The van der Waals surface area contributed by atoms with E-state index in [2.05, 4.69) is 29.2 Å². The number of carbonyl (C=O) groups is 1. The highest BCUT2D eigenvalue weighted by atomic mass is 16.1. The lowest BCUT2D eigenvalue weighted by Gasteiger charge is -2.36. The molecular weight excluding hydrogens is 264 g/mol. The monoisotopic (exact) mass is 292 g/mol.